The molecule has 1 heterocycles. The molecule has 2 aliphatic rings. The van der Waals surface area contributed by atoms with E-state index < -0.39 is 0 Å². The minimum Gasteiger partial charge on any atom is -0.488 e. The van der Waals surface area contributed by atoms with Crippen LogP contribution in [0.4, 0.5) is 5.69 Å². The molecule has 1 fully saturated rings. The first-order valence-corrected chi connectivity index (χ1v) is 5.81. The van der Waals surface area contributed by atoms with Crippen molar-refractivity contribution in [1.82, 2.24) is 0 Å². The van der Waals surface area contributed by atoms with Gasteiger partial charge in [-0.1, -0.05) is 0 Å². The summed E-state index contributed by atoms with van der Waals surface area (Å²) in [6.07, 6.45) is 4.83. The molecule has 1 aromatic carbocycles. The zero-order valence-corrected chi connectivity index (χ0v) is 9.18. The van der Waals surface area contributed by atoms with E-state index in [2.05, 4.69) is 30.4 Å². The third kappa shape index (κ3) is 1.58. The highest BCUT2D eigenvalue weighted by Gasteiger charge is 2.34. The van der Waals surface area contributed by atoms with Crippen LogP contribution in [0.5, 0.6) is 5.75 Å². The van der Waals surface area contributed by atoms with Crippen LogP contribution in [0.25, 0.3) is 0 Å². The summed E-state index contributed by atoms with van der Waals surface area (Å²) in [5, 5.41) is 3.36. The van der Waals surface area contributed by atoms with Crippen LogP contribution in [0.2, 0.25) is 0 Å². The lowest BCUT2D eigenvalue weighted by Crippen LogP contribution is -2.39. The molecule has 1 aliphatic carbocycles. The number of hydrogen-bond donors (Lipinski definition) is 1. The average Bonchev–Trinajstić information content (AvgIpc) is 2.62. The van der Waals surface area contributed by atoms with Crippen LogP contribution < -0.4 is 10.1 Å². The topological polar surface area (TPSA) is 21.3 Å². The molecule has 0 amide bonds. The Bertz CT molecular complexity index is 382. The summed E-state index contributed by atoms with van der Waals surface area (Å²) in [7, 11) is 0. The molecule has 1 N–H and O–H groups in total. The molecule has 1 aromatic rings. The molecule has 1 aliphatic heterocycles. The van der Waals surface area contributed by atoms with Gasteiger partial charge in [0.1, 0.15) is 11.4 Å². The van der Waals surface area contributed by atoms with Crippen LogP contribution in [0.1, 0.15) is 31.7 Å². The lowest BCUT2D eigenvalue weighted by atomic mass is 9.82. The summed E-state index contributed by atoms with van der Waals surface area (Å²) in [4.78, 5) is 0. The van der Waals surface area contributed by atoms with Crippen molar-refractivity contribution in [1.29, 1.82) is 0 Å². The first kappa shape index (κ1) is 9.08. The van der Waals surface area contributed by atoms with Gasteiger partial charge in [-0.25, -0.2) is 0 Å². The fourth-order valence-electron chi connectivity index (χ4n) is 2.41. The largest absolute Gasteiger partial charge is 0.488 e. The van der Waals surface area contributed by atoms with E-state index in [0.717, 1.165) is 18.7 Å². The van der Waals surface area contributed by atoms with Gasteiger partial charge in [-0.3, -0.25) is 0 Å². The highest BCUT2D eigenvalue weighted by atomic mass is 16.5. The molecule has 15 heavy (non-hydrogen) atoms. The number of fused-ring (bicyclic) bond motifs is 1. The van der Waals surface area contributed by atoms with Gasteiger partial charge in [0.15, 0.2) is 0 Å². The minimum absolute atomic E-state index is 0.111. The highest BCUT2D eigenvalue weighted by Crippen LogP contribution is 2.37. The van der Waals surface area contributed by atoms with Crippen LogP contribution in [0.3, 0.4) is 0 Å². The maximum absolute atomic E-state index is 6.04. The van der Waals surface area contributed by atoms with Crippen LogP contribution in [-0.2, 0) is 6.42 Å². The van der Waals surface area contributed by atoms with E-state index in [0.29, 0.717) is 0 Å². The first-order valence-electron chi connectivity index (χ1n) is 5.81. The maximum atomic E-state index is 6.04. The van der Waals surface area contributed by atoms with Crippen LogP contribution in [-0.4, -0.2) is 12.1 Å². The maximum Gasteiger partial charge on any atom is 0.120 e. The Morgan fingerprint density at radius 3 is 2.93 bits per heavy atom. The summed E-state index contributed by atoms with van der Waals surface area (Å²) in [6, 6.07) is 6.42. The van der Waals surface area contributed by atoms with Crippen LogP contribution >= 0.6 is 0 Å². The molecule has 3 rings (SSSR count). The number of ether oxygens (including phenoxy) is 1. The molecule has 2 nitrogen and oxygen atoms in total. The fourth-order valence-corrected chi connectivity index (χ4v) is 2.41. The van der Waals surface area contributed by atoms with E-state index in [-0.39, 0.29) is 5.60 Å². The van der Waals surface area contributed by atoms with Crippen molar-refractivity contribution >= 4 is 5.69 Å². The van der Waals surface area contributed by atoms with Gasteiger partial charge in [-0.2, -0.15) is 0 Å². The second-order valence-electron chi connectivity index (χ2n) is 4.90. The molecule has 0 saturated heterocycles. The van der Waals surface area contributed by atoms with Crippen molar-refractivity contribution in [3.8, 4) is 5.75 Å². The van der Waals surface area contributed by atoms with E-state index in [9.17, 15) is 0 Å². The van der Waals surface area contributed by atoms with Crippen molar-refractivity contribution in [2.24, 2.45) is 0 Å². The Morgan fingerprint density at radius 1 is 1.33 bits per heavy atom. The predicted molar refractivity (Wildman–Crippen MR) is 61.5 cm³/mol. The second kappa shape index (κ2) is 3.16. The molecule has 80 valence electrons. The summed E-state index contributed by atoms with van der Waals surface area (Å²) >= 11 is 0. The van der Waals surface area contributed by atoms with Gasteiger partial charge in [-0.15, -0.1) is 0 Å². The molecule has 0 aromatic heterocycles. The zero-order valence-electron chi connectivity index (χ0n) is 9.18. The van der Waals surface area contributed by atoms with Crippen molar-refractivity contribution < 1.29 is 4.74 Å². The molecule has 1 saturated carbocycles. The number of benzene rings is 1. The third-order valence-corrected chi connectivity index (χ3v) is 3.56. The van der Waals surface area contributed by atoms with Gasteiger partial charge < -0.3 is 10.1 Å². The summed E-state index contributed by atoms with van der Waals surface area (Å²) < 4.78 is 6.04. The van der Waals surface area contributed by atoms with Crippen molar-refractivity contribution in [2.45, 2.75) is 38.2 Å². The van der Waals surface area contributed by atoms with E-state index in [1.807, 2.05) is 0 Å². The summed E-state index contributed by atoms with van der Waals surface area (Å²) in [5.41, 5.74) is 2.79. The second-order valence-corrected chi connectivity index (χ2v) is 4.90. The molecule has 2 heteroatoms. The van der Waals surface area contributed by atoms with Gasteiger partial charge in [0.05, 0.1) is 0 Å². The van der Waals surface area contributed by atoms with Crippen molar-refractivity contribution in [3.63, 3.8) is 0 Å². The molecule has 0 atom stereocenters. The quantitative estimate of drug-likeness (QED) is 0.797. The predicted octanol–water partition coefficient (Wildman–Crippen LogP) is 2.98. The first-order chi connectivity index (χ1) is 7.25. The Balaban J connectivity index is 1.81. The van der Waals surface area contributed by atoms with Gasteiger partial charge >= 0.3 is 0 Å². The fraction of sp³-hybridized carbons (Fsp3) is 0.538. The van der Waals surface area contributed by atoms with E-state index in [4.69, 9.17) is 4.74 Å². The van der Waals surface area contributed by atoms with Crippen LogP contribution in [0, 0.1) is 0 Å². The SMILES string of the molecule is CC1(Oc2ccc3c(c2)CCN3)CCC1. The summed E-state index contributed by atoms with van der Waals surface area (Å²) in [6.45, 7) is 3.28. The molecular formula is C13H17NO. The lowest BCUT2D eigenvalue weighted by molar-refractivity contribution is 0.0113. The zero-order chi connectivity index (χ0) is 10.3. The molecule has 0 bridgehead atoms. The number of nitrogens with one attached hydrogen (secondary N) is 1. The minimum atomic E-state index is 0.111. The lowest BCUT2D eigenvalue weighted by Gasteiger charge is -2.38. The van der Waals surface area contributed by atoms with E-state index in [1.54, 1.807) is 0 Å². The number of anilines is 1. The highest BCUT2D eigenvalue weighted by molar-refractivity contribution is 5.57. The molecule has 0 radical (unpaired) electrons. The van der Waals surface area contributed by atoms with Gasteiger partial charge in [0, 0.05) is 12.2 Å². The van der Waals surface area contributed by atoms with Crippen molar-refractivity contribution in [3.05, 3.63) is 23.8 Å². The Morgan fingerprint density at radius 2 is 2.20 bits per heavy atom. The Labute approximate surface area is 90.6 Å². The van der Waals surface area contributed by atoms with Gasteiger partial charge in [0.25, 0.3) is 0 Å². The third-order valence-electron chi connectivity index (χ3n) is 3.56. The van der Waals surface area contributed by atoms with Gasteiger partial charge in [-0.05, 0) is 56.4 Å². The van der Waals surface area contributed by atoms with Crippen molar-refractivity contribution in [2.75, 3.05) is 11.9 Å². The molecule has 0 spiro atoms. The molecular weight excluding hydrogens is 186 g/mol. The number of hydrogen-bond acceptors (Lipinski definition) is 2. The Hall–Kier alpha value is -1.18. The smallest absolute Gasteiger partial charge is 0.120 e. The van der Waals surface area contributed by atoms with E-state index >= 15 is 0 Å². The van der Waals surface area contributed by atoms with Crippen LogP contribution in [0.15, 0.2) is 18.2 Å². The molecule has 0 unspecified atom stereocenters. The normalized spacial score (nSPS) is 21.4. The van der Waals surface area contributed by atoms with E-state index in [1.165, 1.54) is 30.5 Å². The standard InChI is InChI=1S/C13H17NO/c1-13(6-2-7-13)15-11-3-4-12-10(9-11)5-8-14-12/h3-4,9,14H,2,5-8H2,1H3. The average molecular weight is 203 g/mol. The summed E-state index contributed by atoms with van der Waals surface area (Å²) in [5.74, 6) is 1.04. The van der Waals surface area contributed by atoms with Gasteiger partial charge in [0.2, 0.25) is 0 Å². The Kier molecular flexibility index (Phi) is 1.91. The monoisotopic (exact) mass is 203 g/mol. The number of rotatable bonds is 2.